The van der Waals surface area contributed by atoms with E-state index in [2.05, 4.69) is 10.1 Å². The molecule has 1 heterocycles. The normalized spacial score (nSPS) is 14.8. The van der Waals surface area contributed by atoms with Crippen LogP contribution in [-0.4, -0.2) is 35.3 Å². The van der Waals surface area contributed by atoms with Crippen molar-refractivity contribution < 1.29 is 14.1 Å². The summed E-state index contributed by atoms with van der Waals surface area (Å²) in [5.74, 6) is -0.374. The summed E-state index contributed by atoms with van der Waals surface area (Å²) in [5.41, 5.74) is 0. The van der Waals surface area contributed by atoms with E-state index >= 15 is 0 Å². The SMILES string of the molecule is CCn1ncnc1CS(=O)C(C)C(=O)O. The Hall–Kier alpha value is -1.24. The van der Waals surface area contributed by atoms with Gasteiger partial charge in [0.15, 0.2) is 0 Å². The quantitative estimate of drug-likeness (QED) is 0.772. The van der Waals surface area contributed by atoms with Crippen LogP contribution in [0.5, 0.6) is 0 Å². The highest BCUT2D eigenvalue weighted by Crippen LogP contribution is 2.04. The van der Waals surface area contributed by atoms with Gasteiger partial charge in [-0.25, -0.2) is 9.67 Å². The van der Waals surface area contributed by atoms with Crippen LogP contribution in [0.25, 0.3) is 0 Å². The largest absolute Gasteiger partial charge is 0.480 e. The summed E-state index contributed by atoms with van der Waals surface area (Å²) in [4.78, 5) is 14.5. The zero-order valence-electron chi connectivity index (χ0n) is 8.58. The van der Waals surface area contributed by atoms with Crippen LogP contribution in [0.2, 0.25) is 0 Å². The molecule has 2 atom stereocenters. The van der Waals surface area contributed by atoms with Gasteiger partial charge in [-0.1, -0.05) is 0 Å². The van der Waals surface area contributed by atoms with Crippen molar-refractivity contribution in [3.8, 4) is 0 Å². The summed E-state index contributed by atoms with van der Waals surface area (Å²) < 4.78 is 13.2. The number of carbonyl (C=O) groups is 1. The van der Waals surface area contributed by atoms with Crippen molar-refractivity contribution in [3.63, 3.8) is 0 Å². The zero-order chi connectivity index (χ0) is 11.4. The van der Waals surface area contributed by atoms with E-state index in [-0.39, 0.29) is 5.75 Å². The third-order valence-electron chi connectivity index (χ3n) is 2.01. The molecule has 1 aromatic heterocycles. The highest BCUT2D eigenvalue weighted by Gasteiger charge is 2.20. The van der Waals surface area contributed by atoms with Crippen molar-refractivity contribution in [1.82, 2.24) is 14.8 Å². The topological polar surface area (TPSA) is 85.1 Å². The molecular formula is C8H13N3O3S. The molecule has 0 aromatic carbocycles. The minimum Gasteiger partial charge on any atom is -0.480 e. The van der Waals surface area contributed by atoms with E-state index in [1.54, 1.807) is 4.68 Å². The number of aromatic nitrogens is 3. The molecule has 0 saturated carbocycles. The third kappa shape index (κ3) is 2.85. The molecule has 0 aliphatic heterocycles. The molecule has 1 aromatic rings. The summed E-state index contributed by atoms with van der Waals surface area (Å²) in [6.07, 6.45) is 1.38. The van der Waals surface area contributed by atoms with Crippen molar-refractivity contribution in [3.05, 3.63) is 12.2 Å². The number of rotatable bonds is 5. The summed E-state index contributed by atoms with van der Waals surface area (Å²) in [5, 5.41) is 11.7. The molecule has 0 bridgehead atoms. The van der Waals surface area contributed by atoms with Gasteiger partial charge in [0.05, 0.1) is 5.75 Å². The van der Waals surface area contributed by atoms with Gasteiger partial charge < -0.3 is 5.11 Å². The Morgan fingerprint density at radius 1 is 1.73 bits per heavy atom. The first-order valence-corrected chi connectivity index (χ1v) is 5.91. The lowest BCUT2D eigenvalue weighted by Gasteiger charge is -2.06. The van der Waals surface area contributed by atoms with Crippen LogP contribution in [0.4, 0.5) is 0 Å². The summed E-state index contributed by atoms with van der Waals surface area (Å²) in [6.45, 7) is 3.95. The minimum absolute atomic E-state index is 0.126. The van der Waals surface area contributed by atoms with E-state index in [1.165, 1.54) is 13.3 Å². The Morgan fingerprint density at radius 3 is 2.93 bits per heavy atom. The number of nitrogens with zero attached hydrogens (tertiary/aromatic N) is 3. The zero-order valence-corrected chi connectivity index (χ0v) is 9.40. The standard InChI is InChI=1S/C8H13N3O3S/c1-3-11-7(9-5-10-11)4-15(14)6(2)8(12)13/h5-6H,3-4H2,1-2H3,(H,12,13). The highest BCUT2D eigenvalue weighted by atomic mass is 32.2. The lowest BCUT2D eigenvalue weighted by molar-refractivity contribution is -0.136. The Bertz CT molecular complexity index is 377. The van der Waals surface area contributed by atoms with Crippen LogP contribution in [0.1, 0.15) is 19.7 Å². The second kappa shape index (κ2) is 5.01. The van der Waals surface area contributed by atoms with Gasteiger partial charge in [-0.3, -0.25) is 9.00 Å². The molecule has 0 aliphatic rings. The highest BCUT2D eigenvalue weighted by molar-refractivity contribution is 7.85. The van der Waals surface area contributed by atoms with Gasteiger partial charge in [-0.15, -0.1) is 0 Å². The van der Waals surface area contributed by atoms with Crippen LogP contribution < -0.4 is 0 Å². The van der Waals surface area contributed by atoms with Gasteiger partial charge in [-0.2, -0.15) is 5.10 Å². The Kier molecular flexibility index (Phi) is 3.96. The monoisotopic (exact) mass is 231 g/mol. The van der Waals surface area contributed by atoms with Crippen LogP contribution in [0.15, 0.2) is 6.33 Å². The predicted octanol–water partition coefficient (Wildman–Crippen LogP) is 0.0198. The third-order valence-corrected chi connectivity index (χ3v) is 3.54. The first-order valence-electron chi connectivity index (χ1n) is 4.53. The van der Waals surface area contributed by atoms with Gasteiger partial charge in [0.2, 0.25) is 0 Å². The molecule has 0 radical (unpaired) electrons. The van der Waals surface area contributed by atoms with Crippen molar-refractivity contribution in [2.45, 2.75) is 31.4 Å². The molecule has 0 spiro atoms. The second-order valence-electron chi connectivity index (χ2n) is 3.00. The molecule has 15 heavy (non-hydrogen) atoms. The van der Waals surface area contributed by atoms with Crippen LogP contribution in [0, 0.1) is 0 Å². The molecule has 1 rings (SSSR count). The average molecular weight is 231 g/mol. The number of hydrogen-bond donors (Lipinski definition) is 1. The summed E-state index contributed by atoms with van der Waals surface area (Å²) >= 11 is 0. The molecule has 0 aliphatic carbocycles. The average Bonchev–Trinajstić information content (AvgIpc) is 2.63. The van der Waals surface area contributed by atoms with E-state index in [0.717, 1.165) is 0 Å². The second-order valence-corrected chi connectivity index (χ2v) is 4.75. The van der Waals surface area contributed by atoms with E-state index in [1.807, 2.05) is 6.92 Å². The van der Waals surface area contributed by atoms with Crippen molar-refractivity contribution in [2.75, 3.05) is 0 Å². The number of aryl methyl sites for hydroxylation is 1. The van der Waals surface area contributed by atoms with Crippen molar-refractivity contribution in [2.24, 2.45) is 0 Å². The fraction of sp³-hybridized carbons (Fsp3) is 0.625. The Morgan fingerprint density at radius 2 is 2.40 bits per heavy atom. The molecule has 84 valence electrons. The molecule has 0 amide bonds. The lowest BCUT2D eigenvalue weighted by Crippen LogP contribution is -2.24. The molecule has 2 unspecified atom stereocenters. The van der Waals surface area contributed by atoms with Gasteiger partial charge in [0, 0.05) is 17.3 Å². The van der Waals surface area contributed by atoms with Gasteiger partial charge in [0.25, 0.3) is 0 Å². The number of carboxylic acids is 1. The van der Waals surface area contributed by atoms with E-state index in [4.69, 9.17) is 5.11 Å². The molecule has 6 nitrogen and oxygen atoms in total. The number of carboxylic acid groups (broad SMARTS) is 1. The molecule has 1 N–H and O–H groups in total. The lowest BCUT2D eigenvalue weighted by atomic mass is 10.5. The van der Waals surface area contributed by atoms with Gasteiger partial charge in [0.1, 0.15) is 17.4 Å². The number of aliphatic carboxylic acids is 1. The Balaban J connectivity index is 2.70. The van der Waals surface area contributed by atoms with E-state index in [0.29, 0.717) is 12.4 Å². The maximum absolute atomic E-state index is 11.6. The molecule has 7 heteroatoms. The van der Waals surface area contributed by atoms with Crippen LogP contribution in [-0.2, 0) is 27.9 Å². The maximum atomic E-state index is 11.6. The molecular weight excluding hydrogens is 218 g/mol. The van der Waals surface area contributed by atoms with Crippen molar-refractivity contribution in [1.29, 1.82) is 0 Å². The number of hydrogen-bond acceptors (Lipinski definition) is 4. The molecule has 0 saturated heterocycles. The minimum atomic E-state index is -1.46. The first-order chi connectivity index (χ1) is 7.06. The molecule has 0 fully saturated rings. The van der Waals surface area contributed by atoms with Crippen molar-refractivity contribution >= 4 is 16.8 Å². The van der Waals surface area contributed by atoms with E-state index in [9.17, 15) is 9.00 Å². The van der Waals surface area contributed by atoms with Crippen LogP contribution in [0.3, 0.4) is 0 Å². The summed E-state index contributed by atoms with van der Waals surface area (Å²) in [6, 6.07) is 0. The van der Waals surface area contributed by atoms with E-state index < -0.39 is 22.0 Å². The fourth-order valence-electron chi connectivity index (χ4n) is 1.03. The van der Waals surface area contributed by atoms with Crippen LogP contribution >= 0.6 is 0 Å². The van der Waals surface area contributed by atoms with Gasteiger partial charge in [-0.05, 0) is 13.8 Å². The maximum Gasteiger partial charge on any atom is 0.318 e. The van der Waals surface area contributed by atoms with Gasteiger partial charge >= 0.3 is 5.97 Å². The fourth-order valence-corrected chi connectivity index (χ4v) is 1.98. The summed E-state index contributed by atoms with van der Waals surface area (Å²) in [7, 11) is -1.46. The Labute approximate surface area is 89.8 Å². The first kappa shape index (κ1) is 11.8. The smallest absolute Gasteiger partial charge is 0.318 e. The predicted molar refractivity (Wildman–Crippen MR) is 54.6 cm³/mol.